The number of halogens is 1. The van der Waals surface area contributed by atoms with Gasteiger partial charge in [-0.3, -0.25) is 4.79 Å². The monoisotopic (exact) mass is 441 g/mol. The van der Waals surface area contributed by atoms with Crippen molar-refractivity contribution in [2.45, 2.75) is 13.5 Å². The van der Waals surface area contributed by atoms with Gasteiger partial charge < -0.3 is 14.4 Å². The van der Waals surface area contributed by atoms with Crippen molar-refractivity contribution in [1.29, 1.82) is 0 Å². The molecule has 0 saturated heterocycles. The fraction of sp³-hybridized carbons (Fsp3) is 0.182. The Balaban J connectivity index is 1.97. The number of carbonyl (C=O) groups is 2. The molecule has 0 radical (unpaired) electrons. The minimum Gasteiger partial charge on any atom is -0.497 e. The highest BCUT2D eigenvalue weighted by atomic mass is 79.9. The molecule has 6 heteroatoms. The van der Waals surface area contributed by atoms with Crippen LogP contribution in [0.3, 0.4) is 0 Å². The third kappa shape index (κ3) is 4.02. The lowest BCUT2D eigenvalue weighted by Crippen LogP contribution is -2.24. The Labute approximate surface area is 172 Å². The molecule has 2 aromatic carbocycles. The topological polar surface area (TPSA) is 55.8 Å². The van der Waals surface area contributed by atoms with E-state index < -0.39 is 5.97 Å². The van der Waals surface area contributed by atoms with Crippen LogP contribution in [0, 0.1) is 0 Å². The number of amides is 1. The molecular weight excluding hydrogens is 422 g/mol. The highest BCUT2D eigenvalue weighted by Crippen LogP contribution is 2.33. The van der Waals surface area contributed by atoms with Crippen molar-refractivity contribution in [3.8, 4) is 5.75 Å². The molecule has 3 rings (SSSR count). The number of methoxy groups -OCH3 is 2. The van der Waals surface area contributed by atoms with Gasteiger partial charge in [-0.1, -0.05) is 40.2 Å². The van der Waals surface area contributed by atoms with Crippen LogP contribution in [0.5, 0.6) is 5.75 Å². The van der Waals surface area contributed by atoms with Gasteiger partial charge in [0, 0.05) is 10.2 Å². The summed E-state index contributed by atoms with van der Waals surface area (Å²) in [6, 6.07) is 15.0. The summed E-state index contributed by atoms with van der Waals surface area (Å²) < 4.78 is 11.0. The zero-order valence-corrected chi connectivity index (χ0v) is 17.4. The Kier molecular flexibility index (Phi) is 5.99. The fourth-order valence-corrected chi connectivity index (χ4v) is 3.32. The smallest absolute Gasteiger partial charge is 0.340 e. The Bertz CT molecular complexity index is 959. The van der Waals surface area contributed by atoms with Crippen LogP contribution in [0.1, 0.15) is 18.1 Å². The van der Waals surface area contributed by atoms with Gasteiger partial charge in [0.1, 0.15) is 5.75 Å². The van der Waals surface area contributed by atoms with Gasteiger partial charge in [0.05, 0.1) is 31.9 Å². The first kappa shape index (κ1) is 19.9. The first-order valence-corrected chi connectivity index (χ1v) is 9.45. The van der Waals surface area contributed by atoms with Crippen molar-refractivity contribution in [2.75, 3.05) is 14.2 Å². The van der Waals surface area contributed by atoms with Crippen molar-refractivity contribution >= 4 is 33.9 Å². The van der Waals surface area contributed by atoms with E-state index in [2.05, 4.69) is 15.9 Å². The first-order valence-electron chi connectivity index (χ1n) is 8.66. The molecule has 1 aliphatic rings. The number of ether oxygens (including phenoxy) is 2. The number of hydrogen-bond acceptors (Lipinski definition) is 4. The quantitative estimate of drug-likeness (QED) is 0.511. The number of rotatable bonds is 5. The van der Waals surface area contributed by atoms with Crippen molar-refractivity contribution < 1.29 is 19.1 Å². The standard InChI is InChI=1S/C22H20BrNO4/c1-14-20(22(26)28-3)19(12-15-4-8-17(23)9-5-15)21(25)24(14)13-16-6-10-18(27-2)11-7-16/h4-12H,13H2,1-3H3/b19-12-. The summed E-state index contributed by atoms with van der Waals surface area (Å²) in [5, 5.41) is 0. The van der Waals surface area contributed by atoms with Gasteiger partial charge >= 0.3 is 5.97 Å². The molecule has 0 aromatic heterocycles. The maximum atomic E-state index is 13.1. The minimum atomic E-state index is -0.522. The summed E-state index contributed by atoms with van der Waals surface area (Å²) in [5.74, 6) is -0.00193. The Hall–Kier alpha value is -2.86. The van der Waals surface area contributed by atoms with Gasteiger partial charge in [0.25, 0.3) is 5.91 Å². The molecular formula is C22H20BrNO4. The van der Waals surface area contributed by atoms with E-state index in [0.29, 0.717) is 23.4 Å². The summed E-state index contributed by atoms with van der Waals surface area (Å²) in [5.41, 5.74) is 2.97. The molecule has 0 fully saturated rings. The largest absolute Gasteiger partial charge is 0.497 e. The van der Waals surface area contributed by atoms with Gasteiger partial charge in [-0.2, -0.15) is 0 Å². The molecule has 2 aromatic rings. The van der Waals surface area contributed by atoms with E-state index in [0.717, 1.165) is 21.3 Å². The molecule has 144 valence electrons. The minimum absolute atomic E-state index is 0.225. The van der Waals surface area contributed by atoms with Crippen LogP contribution < -0.4 is 4.74 Å². The summed E-state index contributed by atoms with van der Waals surface area (Å²) in [7, 11) is 2.92. The SMILES string of the molecule is COC(=O)C1=C(C)N(Cc2ccc(OC)cc2)C(=O)/C1=C\c1ccc(Br)cc1. The van der Waals surface area contributed by atoms with E-state index in [4.69, 9.17) is 9.47 Å². The second-order valence-corrected chi connectivity index (χ2v) is 7.22. The maximum Gasteiger partial charge on any atom is 0.340 e. The molecule has 0 unspecified atom stereocenters. The predicted octanol–water partition coefficient (Wildman–Crippen LogP) is 4.33. The molecule has 0 saturated carbocycles. The number of nitrogens with zero attached hydrogens (tertiary/aromatic N) is 1. The van der Waals surface area contributed by atoms with Crippen molar-refractivity contribution in [3.63, 3.8) is 0 Å². The number of carbonyl (C=O) groups excluding carboxylic acids is 2. The van der Waals surface area contributed by atoms with Gasteiger partial charge in [0.2, 0.25) is 0 Å². The van der Waals surface area contributed by atoms with Crippen LogP contribution in [0.4, 0.5) is 0 Å². The van der Waals surface area contributed by atoms with Crippen LogP contribution in [0.15, 0.2) is 69.8 Å². The van der Waals surface area contributed by atoms with Crippen molar-refractivity contribution in [1.82, 2.24) is 4.90 Å². The second kappa shape index (κ2) is 8.44. The molecule has 1 aliphatic heterocycles. The van der Waals surface area contributed by atoms with E-state index in [1.54, 1.807) is 25.0 Å². The normalized spacial score (nSPS) is 15.4. The first-order chi connectivity index (χ1) is 13.4. The molecule has 5 nitrogen and oxygen atoms in total. The van der Waals surface area contributed by atoms with Gasteiger partial charge in [-0.25, -0.2) is 4.79 Å². The van der Waals surface area contributed by atoms with E-state index in [9.17, 15) is 9.59 Å². The molecule has 28 heavy (non-hydrogen) atoms. The van der Waals surface area contributed by atoms with E-state index in [1.807, 2.05) is 48.5 Å². The van der Waals surface area contributed by atoms with E-state index in [1.165, 1.54) is 7.11 Å². The van der Waals surface area contributed by atoms with Crippen LogP contribution >= 0.6 is 15.9 Å². The van der Waals surface area contributed by atoms with Crippen LogP contribution in [-0.2, 0) is 20.9 Å². The fourth-order valence-electron chi connectivity index (χ4n) is 3.06. The average Bonchev–Trinajstić information content (AvgIpc) is 2.94. The Morgan fingerprint density at radius 1 is 1.07 bits per heavy atom. The lowest BCUT2D eigenvalue weighted by atomic mass is 10.0. The zero-order valence-electron chi connectivity index (χ0n) is 15.9. The summed E-state index contributed by atoms with van der Waals surface area (Å²) in [4.78, 5) is 27.1. The van der Waals surface area contributed by atoms with Gasteiger partial charge in [-0.05, 0) is 48.4 Å². The molecule has 0 aliphatic carbocycles. The van der Waals surface area contributed by atoms with Crippen LogP contribution in [0.25, 0.3) is 6.08 Å². The van der Waals surface area contributed by atoms with Crippen molar-refractivity contribution in [2.24, 2.45) is 0 Å². The maximum absolute atomic E-state index is 13.1. The molecule has 0 spiro atoms. The summed E-state index contributed by atoms with van der Waals surface area (Å²) in [6.07, 6.45) is 1.72. The number of hydrogen-bond donors (Lipinski definition) is 0. The zero-order chi connectivity index (χ0) is 20.3. The third-order valence-electron chi connectivity index (χ3n) is 4.58. The molecule has 0 atom stereocenters. The Morgan fingerprint density at radius 3 is 2.29 bits per heavy atom. The van der Waals surface area contributed by atoms with Gasteiger partial charge in [-0.15, -0.1) is 0 Å². The lowest BCUT2D eigenvalue weighted by molar-refractivity contribution is -0.136. The highest BCUT2D eigenvalue weighted by Gasteiger charge is 2.36. The van der Waals surface area contributed by atoms with E-state index >= 15 is 0 Å². The number of esters is 1. The van der Waals surface area contributed by atoms with Gasteiger partial charge in [0.15, 0.2) is 0 Å². The average molecular weight is 442 g/mol. The summed E-state index contributed by atoms with van der Waals surface area (Å²) >= 11 is 3.39. The van der Waals surface area contributed by atoms with Crippen LogP contribution in [0.2, 0.25) is 0 Å². The second-order valence-electron chi connectivity index (χ2n) is 6.30. The Morgan fingerprint density at radius 2 is 1.71 bits per heavy atom. The molecule has 1 amide bonds. The third-order valence-corrected chi connectivity index (χ3v) is 5.11. The highest BCUT2D eigenvalue weighted by molar-refractivity contribution is 9.10. The molecule has 1 heterocycles. The molecule has 0 N–H and O–H groups in total. The number of benzene rings is 2. The lowest BCUT2D eigenvalue weighted by Gasteiger charge is -2.18. The number of allylic oxidation sites excluding steroid dienone is 1. The predicted molar refractivity (Wildman–Crippen MR) is 110 cm³/mol. The van der Waals surface area contributed by atoms with E-state index in [-0.39, 0.29) is 5.91 Å². The van der Waals surface area contributed by atoms with Crippen LogP contribution in [-0.4, -0.2) is 31.0 Å². The molecule has 0 bridgehead atoms. The summed E-state index contributed by atoms with van der Waals surface area (Å²) in [6.45, 7) is 2.11. The van der Waals surface area contributed by atoms with Crippen molar-refractivity contribution in [3.05, 3.63) is 81.0 Å².